The fourth-order valence-electron chi connectivity index (χ4n) is 3.45. The van der Waals surface area contributed by atoms with Gasteiger partial charge in [0.15, 0.2) is 0 Å². The molecule has 5 heteroatoms. The molecule has 124 valence electrons. The molecule has 4 rings (SSSR count). The average molecular weight is 323 g/mol. The zero-order chi connectivity index (χ0) is 16.5. The third-order valence-corrected chi connectivity index (χ3v) is 4.77. The van der Waals surface area contributed by atoms with E-state index in [-0.39, 0.29) is 12.3 Å². The number of aliphatic hydroxyl groups is 1. The number of nitrogens with zero attached hydrogens (tertiary/aromatic N) is 3. The second-order valence-corrected chi connectivity index (χ2v) is 6.38. The van der Waals surface area contributed by atoms with Crippen LogP contribution in [0.3, 0.4) is 0 Å². The van der Waals surface area contributed by atoms with E-state index in [1.165, 1.54) is 0 Å². The molecule has 1 aliphatic rings. The average Bonchev–Trinajstić information content (AvgIpc) is 3.23. The molecule has 0 aliphatic carbocycles. The van der Waals surface area contributed by atoms with Gasteiger partial charge in [0.05, 0.1) is 17.9 Å². The molecule has 1 N–H and O–H groups in total. The Morgan fingerprint density at radius 1 is 1.21 bits per heavy atom. The zero-order valence-electron chi connectivity index (χ0n) is 13.7. The SMILES string of the molecule is Cc1ncnc2c1ccn2C1CCC(C(O)Cc2ccccc2)O1. The lowest BCUT2D eigenvalue weighted by molar-refractivity contribution is -0.0571. The second-order valence-electron chi connectivity index (χ2n) is 6.38. The van der Waals surface area contributed by atoms with E-state index in [9.17, 15) is 5.11 Å². The Hall–Kier alpha value is -2.24. The predicted octanol–water partition coefficient (Wildman–Crippen LogP) is 3.02. The fourth-order valence-corrected chi connectivity index (χ4v) is 3.45. The topological polar surface area (TPSA) is 60.2 Å². The Balaban J connectivity index is 1.48. The Kier molecular flexibility index (Phi) is 4.04. The molecule has 0 radical (unpaired) electrons. The highest BCUT2D eigenvalue weighted by Gasteiger charge is 2.32. The van der Waals surface area contributed by atoms with Crippen molar-refractivity contribution in [2.75, 3.05) is 0 Å². The monoisotopic (exact) mass is 323 g/mol. The van der Waals surface area contributed by atoms with Crippen molar-refractivity contribution in [3.8, 4) is 0 Å². The summed E-state index contributed by atoms with van der Waals surface area (Å²) >= 11 is 0. The maximum atomic E-state index is 10.5. The van der Waals surface area contributed by atoms with Crippen molar-refractivity contribution in [1.82, 2.24) is 14.5 Å². The van der Waals surface area contributed by atoms with Crippen molar-refractivity contribution in [2.24, 2.45) is 0 Å². The van der Waals surface area contributed by atoms with Crippen molar-refractivity contribution in [3.05, 3.63) is 60.2 Å². The Labute approximate surface area is 140 Å². The van der Waals surface area contributed by atoms with Crippen LogP contribution in [0.15, 0.2) is 48.9 Å². The molecule has 24 heavy (non-hydrogen) atoms. The predicted molar refractivity (Wildman–Crippen MR) is 91.6 cm³/mol. The third kappa shape index (κ3) is 2.81. The largest absolute Gasteiger partial charge is 0.390 e. The number of fused-ring (bicyclic) bond motifs is 1. The molecule has 1 fully saturated rings. The van der Waals surface area contributed by atoms with E-state index in [0.29, 0.717) is 6.42 Å². The molecule has 0 spiro atoms. The van der Waals surface area contributed by atoms with Crippen molar-refractivity contribution >= 4 is 11.0 Å². The van der Waals surface area contributed by atoms with Crippen LogP contribution < -0.4 is 0 Å². The van der Waals surface area contributed by atoms with Crippen LogP contribution >= 0.6 is 0 Å². The van der Waals surface area contributed by atoms with E-state index < -0.39 is 6.10 Å². The van der Waals surface area contributed by atoms with Crippen LogP contribution in [0.5, 0.6) is 0 Å². The summed E-state index contributed by atoms with van der Waals surface area (Å²) in [4.78, 5) is 8.63. The lowest BCUT2D eigenvalue weighted by Gasteiger charge is -2.20. The molecule has 0 amide bonds. The summed E-state index contributed by atoms with van der Waals surface area (Å²) in [6.45, 7) is 1.98. The summed E-state index contributed by atoms with van der Waals surface area (Å²) in [6.07, 6.45) is 5.23. The van der Waals surface area contributed by atoms with Gasteiger partial charge in [-0.05, 0) is 31.4 Å². The summed E-state index contributed by atoms with van der Waals surface area (Å²) in [6, 6.07) is 12.1. The van der Waals surface area contributed by atoms with Gasteiger partial charge in [0.2, 0.25) is 0 Å². The maximum absolute atomic E-state index is 10.5. The number of rotatable bonds is 4. The minimum Gasteiger partial charge on any atom is -0.390 e. The summed E-state index contributed by atoms with van der Waals surface area (Å²) in [5.74, 6) is 0. The quantitative estimate of drug-likeness (QED) is 0.802. The first-order valence-corrected chi connectivity index (χ1v) is 8.38. The standard InChI is InChI=1S/C19H21N3O2/c1-13-15-9-10-22(19(15)21-12-20-13)18-8-7-17(24-18)16(23)11-14-5-3-2-4-6-14/h2-6,9-10,12,16-18,23H,7-8,11H2,1H3. The molecule has 5 nitrogen and oxygen atoms in total. The first kappa shape index (κ1) is 15.3. The van der Waals surface area contributed by atoms with E-state index in [1.807, 2.05) is 49.5 Å². The molecule has 0 bridgehead atoms. The number of hydrogen-bond donors (Lipinski definition) is 1. The van der Waals surface area contributed by atoms with E-state index in [4.69, 9.17) is 4.74 Å². The first-order valence-electron chi connectivity index (χ1n) is 8.38. The molecule has 1 saturated heterocycles. The molecule has 3 unspecified atom stereocenters. The molecular weight excluding hydrogens is 302 g/mol. The van der Waals surface area contributed by atoms with Gasteiger partial charge in [-0.3, -0.25) is 0 Å². The second kappa shape index (κ2) is 6.34. The van der Waals surface area contributed by atoms with Gasteiger partial charge in [0.1, 0.15) is 18.2 Å². The summed E-state index contributed by atoms with van der Waals surface area (Å²) < 4.78 is 8.20. The molecule has 2 aromatic heterocycles. The number of aryl methyl sites for hydroxylation is 1. The van der Waals surface area contributed by atoms with E-state index >= 15 is 0 Å². The fraction of sp³-hybridized carbons (Fsp3) is 0.368. The van der Waals surface area contributed by atoms with Crippen molar-refractivity contribution < 1.29 is 9.84 Å². The highest BCUT2D eigenvalue weighted by Crippen LogP contribution is 2.33. The van der Waals surface area contributed by atoms with Crippen molar-refractivity contribution in [1.29, 1.82) is 0 Å². The number of hydrogen-bond acceptors (Lipinski definition) is 4. The highest BCUT2D eigenvalue weighted by atomic mass is 16.5. The molecule has 3 aromatic rings. The van der Waals surface area contributed by atoms with Gasteiger partial charge in [-0.2, -0.15) is 0 Å². The van der Waals surface area contributed by atoms with Crippen LogP contribution in [0, 0.1) is 6.92 Å². The minimum atomic E-state index is -0.490. The van der Waals surface area contributed by atoms with Gasteiger partial charge in [0.25, 0.3) is 0 Å². The number of aliphatic hydroxyl groups excluding tert-OH is 1. The van der Waals surface area contributed by atoms with Gasteiger partial charge in [-0.15, -0.1) is 0 Å². The molecule has 0 saturated carbocycles. The van der Waals surface area contributed by atoms with E-state index in [1.54, 1.807) is 6.33 Å². The highest BCUT2D eigenvalue weighted by molar-refractivity contribution is 5.78. The number of benzene rings is 1. The molecule has 1 aliphatic heterocycles. The van der Waals surface area contributed by atoms with E-state index in [2.05, 4.69) is 14.5 Å². The Morgan fingerprint density at radius 2 is 2.04 bits per heavy atom. The summed E-state index contributed by atoms with van der Waals surface area (Å²) in [5, 5.41) is 11.6. The summed E-state index contributed by atoms with van der Waals surface area (Å²) in [5.41, 5.74) is 3.00. The third-order valence-electron chi connectivity index (χ3n) is 4.77. The van der Waals surface area contributed by atoms with Gasteiger partial charge in [-0.1, -0.05) is 30.3 Å². The van der Waals surface area contributed by atoms with Crippen LogP contribution in [0.1, 0.15) is 30.3 Å². The van der Waals surface area contributed by atoms with Gasteiger partial charge < -0.3 is 14.4 Å². The Morgan fingerprint density at radius 3 is 2.88 bits per heavy atom. The summed E-state index contributed by atoms with van der Waals surface area (Å²) in [7, 11) is 0. The Bertz CT molecular complexity index is 831. The van der Waals surface area contributed by atoms with Crippen LogP contribution in [0.4, 0.5) is 0 Å². The van der Waals surface area contributed by atoms with Crippen molar-refractivity contribution in [2.45, 2.75) is 44.6 Å². The van der Waals surface area contributed by atoms with Gasteiger partial charge >= 0.3 is 0 Å². The first-order chi connectivity index (χ1) is 11.7. The lowest BCUT2D eigenvalue weighted by Crippen LogP contribution is -2.28. The van der Waals surface area contributed by atoms with Crippen LogP contribution in [0.25, 0.3) is 11.0 Å². The zero-order valence-corrected chi connectivity index (χ0v) is 13.7. The molecule has 1 aromatic carbocycles. The van der Waals surface area contributed by atoms with E-state index in [0.717, 1.165) is 35.1 Å². The molecule has 3 heterocycles. The molecular formula is C19H21N3O2. The van der Waals surface area contributed by atoms with Gasteiger partial charge in [-0.25, -0.2) is 9.97 Å². The van der Waals surface area contributed by atoms with Crippen LogP contribution in [0.2, 0.25) is 0 Å². The van der Waals surface area contributed by atoms with Gasteiger partial charge in [0, 0.05) is 18.0 Å². The normalized spacial score (nSPS) is 22.1. The van der Waals surface area contributed by atoms with Crippen molar-refractivity contribution in [3.63, 3.8) is 0 Å². The van der Waals surface area contributed by atoms with Crippen LogP contribution in [-0.4, -0.2) is 31.8 Å². The minimum absolute atomic E-state index is 0.0766. The molecule has 3 atom stereocenters. The smallest absolute Gasteiger partial charge is 0.145 e. The number of ether oxygens (including phenoxy) is 1. The van der Waals surface area contributed by atoms with Crippen LogP contribution in [-0.2, 0) is 11.2 Å². The number of aromatic nitrogens is 3. The maximum Gasteiger partial charge on any atom is 0.145 e. The lowest BCUT2D eigenvalue weighted by atomic mass is 10.0.